The molecule has 0 radical (unpaired) electrons. The second-order valence-corrected chi connectivity index (χ2v) is 6.21. The SMILES string of the molecule is CCOC(=O)c1c(C)oc2ccc(N3CCc4ncccc4C3)cc12. The van der Waals surface area contributed by atoms with Gasteiger partial charge in [0.05, 0.1) is 6.61 Å². The molecule has 2 aromatic heterocycles. The van der Waals surface area contributed by atoms with Gasteiger partial charge in [-0.15, -0.1) is 0 Å². The number of hydrogen-bond acceptors (Lipinski definition) is 5. The number of esters is 1. The molecule has 0 saturated heterocycles. The first-order valence-electron chi connectivity index (χ1n) is 8.55. The highest BCUT2D eigenvalue weighted by molar-refractivity contribution is 6.05. The lowest BCUT2D eigenvalue weighted by molar-refractivity contribution is 0.0526. The number of carbonyl (C=O) groups is 1. The number of aryl methyl sites for hydroxylation is 1. The molecule has 5 heteroatoms. The van der Waals surface area contributed by atoms with Gasteiger partial charge in [0.1, 0.15) is 16.9 Å². The first kappa shape index (κ1) is 15.7. The van der Waals surface area contributed by atoms with Crippen LogP contribution < -0.4 is 4.90 Å². The number of pyridine rings is 1. The van der Waals surface area contributed by atoms with Crippen LogP contribution in [-0.4, -0.2) is 24.1 Å². The van der Waals surface area contributed by atoms with Gasteiger partial charge in [0, 0.05) is 42.5 Å². The average molecular weight is 336 g/mol. The van der Waals surface area contributed by atoms with Crippen molar-refractivity contribution in [2.75, 3.05) is 18.1 Å². The summed E-state index contributed by atoms with van der Waals surface area (Å²) in [6, 6.07) is 10.1. The zero-order valence-electron chi connectivity index (χ0n) is 14.4. The van der Waals surface area contributed by atoms with Crippen LogP contribution in [0.5, 0.6) is 0 Å². The van der Waals surface area contributed by atoms with Crippen molar-refractivity contribution in [2.24, 2.45) is 0 Å². The molecule has 3 aromatic rings. The molecule has 4 rings (SSSR count). The van der Waals surface area contributed by atoms with Gasteiger partial charge in [-0.2, -0.15) is 0 Å². The number of aromatic nitrogens is 1. The van der Waals surface area contributed by atoms with Gasteiger partial charge in [0.2, 0.25) is 0 Å². The largest absolute Gasteiger partial charge is 0.462 e. The van der Waals surface area contributed by atoms with E-state index in [2.05, 4.69) is 16.0 Å². The van der Waals surface area contributed by atoms with Gasteiger partial charge in [0.15, 0.2) is 0 Å². The van der Waals surface area contributed by atoms with Crippen LogP contribution in [0.1, 0.15) is 34.3 Å². The molecule has 1 aliphatic heterocycles. The van der Waals surface area contributed by atoms with Crippen molar-refractivity contribution in [3.05, 3.63) is 59.1 Å². The Bertz CT molecular complexity index is 945. The molecule has 0 bridgehead atoms. The predicted molar refractivity (Wildman–Crippen MR) is 95.9 cm³/mol. The highest BCUT2D eigenvalue weighted by Crippen LogP contribution is 2.32. The van der Waals surface area contributed by atoms with E-state index in [4.69, 9.17) is 9.15 Å². The summed E-state index contributed by atoms with van der Waals surface area (Å²) in [6.07, 6.45) is 2.77. The third-order valence-electron chi connectivity index (χ3n) is 4.66. The minimum atomic E-state index is -0.330. The number of anilines is 1. The lowest BCUT2D eigenvalue weighted by Crippen LogP contribution is -2.30. The maximum atomic E-state index is 12.3. The summed E-state index contributed by atoms with van der Waals surface area (Å²) in [5.74, 6) is 0.267. The molecular formula is C20H20N2O3. The van der Waals surface area contributed by atoms with Crippen molar-refractivity contribution in [2.45, 2.75) is 26.8 Å². The average Bonchev–Trinajstić information content (AvgIpc) is 2.96. The Morgan fingerprint density at radius 3 is 3.08 bits per heavy atom. The Hall–Kier alpha value is -2.82. The van der Waals surface area contributed by atoms with Crippen molar-refractivity contribution < 1.29 is 13.9 Å². The molecule has 1 aliphatic rings. The fourth-order valence-electron chi connectivity index (χ4n) is 3.45. The molecule has 3 heterocycles. The molecule has 0 amide bonds. The van der Waals surface area contributed by atoms with E-state index in [1.165, 1.54) is 11.3 Å². The highest BCUT2D eigenvalue weighted by atomic mass is 16.5. The van der Waals surface area contributed by atoms with Crippen LogP contribution in [0.25, 0.3) is 11.0 Å². The van der Waals surface area contributed by atoms with E-state index in [-0.39, 0.29) is 5.97 Å². The van der Waals surface area contributed by atoms with E-state index in [9.17, 15) is 4.79 Å². The second-order valence-electron chi connectivity index (χ2n) is 6.21. The number of fused-ring (bicyclic) bond motifs is 2. The second kappa shape index (κ2) is 6.24. The first-order chi connectivity index (χ1) is 12.2. The Kier molecular flexibility index (Phi) is 3.92. The van der Waals surface area contributed by atoms with E-state index in [0.717, 1.165) is 30.6 Å². The van der Waals surface area contributed by atoms with Crippen LogP contribution in [0.4, 0.5) is 5.69 Å². The fraction of sp³-hybridized carbons (Fsp3) is 0.300. The zero-order chi connectivity index (χ0) is 17.4. The van der Waals surface area contributed by atoms with Crippen LogP contribution in [-0.2, 0) is 17.7 Å². The molecule has 25 heavy (non-hydrogen) atoms. The molecule has 0 aliphatic carbocycles. The van der Waals surface area contributed by atoms with Crippen LogP contribution in [0.3, 0.4) is 0 Å². The number of ether oxygens (including phenoxy) is 1. The van der Waals surface area contributed by atoms with Crippen LogP contribution >= 0.6 is 0 Å². The van der Waals surface area contributed by atoms with E-state index >= 15 is 0 Å². The number of carbonyl (C=O) groups excluding carboxylic acids is 1. The smallest absolute Gasteiger partial charge is 0.342 e. The molecule has 0 saturated carbocycles. The van der Waals surface area contributed by atoms with Crippen molar-refractivity contribution in [3.8, 4) is 0 Å². The summed E-state index contributed by atoms with van der Waals surface area (Å²) in [5.41, 5.74) is 4.74. The van der Waals surface area contributed by atoms with E-state index < -0.39 is 0 Å². The Balaban J connectivity index is 1.72. The predicted octanol–water partition coefficient (Wildman–Crippen LogP) is 3.88. The zero-order valence-corrected chi connectivity index (χ0v) is 14.4. The van der Waals surface area contributed by atoms with Gasteiger partial charge >= 0.3 is 5.97 Å². The topological polar surface area (TPSA) is 55.6 Å². The van der Waals surface area contributed by atoms with Crippen molar-refractivity contribution in [1.29, 1.82) is 0 Å². The number of hydrogen-bond donors (Lipinski definition) is 0. The Labute approximate surface area is 146 Å². The highest BCUT2D eigenvalue weighted by Gasteiger charge is 2.22. The number of furan rings is 1. The van der Waals surface area contributed by atoms with Gasteiger partial charge in [-0.05, 0) is 43.7 Å². The number of nitrogens with zero attached hydrogens (tertiary/aromatic N) is 2. The maximum Gasteiger partial charge on any atom is 0.342 e. The molecule has 0 N–H and O–H groups in total. The Morgan fingerprint density at radius 1 is 1.36 bits per heavy atom. The molecule has 128 valence electrons. The number of benzene rings is 1. The van der Waals surface area contributed by atoms with Crippen molar-refractivity contribution in [1.82, 2.24) is 4.98 Å². The normalized spacial score (nSPS) is 13.8. The molecule has 0 spiro atoms. The summed E-state index contributed by atoms with van der Waals surface area (Å²) in [4.78, 5) is 19.0. The standard InChI is InChI=1S/C20H20N2O3/c1-3-24-20(23)19-13(2)25-18-7-6-15(11-16(18)19)22-10-8-17-14(12-22)5-4-9-21-17/h4-7,9,11H,3,8,10,12H2,1-2H3. The molecular weight excluding hydrogens is 316 g/mol. The van der Waals surface area contributed by atoms with Crippen molar-refractivity contribution in [3.63, 3.8) is 0 Å². The van der Waals surface area contributed by atoms with Crippen LogP contribution in [0.15, 0.2) is 40.9 Å². The molecule has 5 nitrogen and oxygen atoms in total. The summed E-state index contributed by atoms with van der Waals surface area (Å²) in [5, 5.41) is 0.811. The van der Waals surface area contributed by atoms with E-state index in [1.807, 2.05) is 30.5 Å². The summed E-state index contributed by atoms with van der Waals surface area (Å²) in [6.45, 7) is 5.68. The minimum absolute atomic E-state index is 0.330. The monoisotopic (exact) mass is 336 g/mol. The molecule has 0 unspecified atom stereocenters. The van der Waals surface area contributed by atoms with Gasteiger partial charge in [-0.3, -0.25) is 4.98 Å². The summed E-state index contributed by atoms with van der Waals surface area (Å²) in [7, 11) is 0. The van der Waals surface area contributed by atoms with Gasteiger partial charge in [0.25, 0.3) is 0 Å². The fourth-order valence-corrected chi connectivity index (χ4v) is 3.45. The molecule has 0 fully saturated rings. The lowest BCUT2D eigenvalue weighted by Gasteiger charge is -2.30. The molecule has 0 atom stereocenters. The van der Waals surface area contributed by atoms with Crippen LogP contribution in [0.2, 0.25) is 0 Å². The Morgan fingerprint density at radius 2 is 2.24 bits per heavy atom. The first-order valence-corrected chi connectivity index (χ1v) is 8.55. The lowest BCUT2D eigenvalue weighted by atomic mass is 10.0. The quantitative estimate of drug-likeness (QED) is 0.680. The summed E-state index contributed by atoms with van der Waals surface area (Å²) < 4.78 is 10.9. The van der Waals surface area contributed by atoms with E-state index in [1.54, 1.807) is 13.8 Å². The maximum absolute atomic E-state index is 12.3. The van der Waals surface area contributed by atoms with Crippen LogP contribution in [0, 0.1) is 6.92 Å². The van der Waals surface area contributed by atoms with Gasteiger partial charge in [-0.1, -0.05) is 6.07 Å². The van der Waals surface area contributed by atoms with Crippen molar-refractivity contribution >= 4 is 22.6 Å². The van der Waals surface area contributed by atoms with Gasteiger partial charge in [-0.25, -0.2) is 4.79 Å². The third kappa shape index (κ3) is 2.76. The number of rotatable bonds is 3. The molecule has 1 aromatic carbocycles. The third-order valence-corrected chi connectivity index (χ3v) is 4.66. The van der Waals surface area contributed by atoms with Gasteiger partial charge < -0.3 is 14.1 Å². The summed E-state index contributed by atoms with van der Waals surface area (Å²) >= 11 is 0. The minimum Gasteiger partial charge on any atom is -0.462 e. The van der Waals surface area contributed by atoms with E-state index in [0.29, 0.717) is 23.5 Å².